The van der Waals surface area contributed by atoms with E-state index >= 15 is 0 Å². The molecule has 19 heavy (non-hydrogen) atoms. The fraction of sp³-hybridized carbons (Fsp3) is 0.455. The maximum atomic E-state index is 12.3. The number of hydrogen-bond donors (Lipinski definition) is 0. The molecule has 1 rings (SSSR count). The number of aromatic nitrogens is 1. The van der Waals surface area contributed by atoms with Crippen LogP contribution in [0.15, 0.2) is 6.20 Å². The molecule has 0 bridgehead atoms. The molecule has 0 atom stereocenters. The summed E-state index contributed by atoms with van der Waals surface area (Å²) in [5.74, 6) is -0.901. The zero-order valence-corrected chi connectivity index (χ0v) is 12.3. The topological polar surface area (TPSA) is 48.4 Å². The molecule has 4 nitrogen and oxygen atoms in total. The van der Waals surface area contributed by atoms with Crippen molar-refractivity contribution in [1.29, 1.82) is 0 Å². The van der Waals surface area contributed by atoms with Crippen LogP contribution in [0.3, 0.4) is 0 Å². The minimum Gasteiger partial charge on any atom is -0.466 e. The van der Waals surface area contributed by atoms with E-state index < -0.39 is 12.3 Å². The van der Waals surface area contributed by atoms with Gasteiger partial charge in [0, 0.05) is 6.20 Å². The van der Waals surface area contributed by atoms with Crippen molar-refractivity contribution >= 4 is 28.6 Å². The Morgan fingerprint density at radius 2 is 2.11 bits per heavy atom. The van der Waals surface area contributed by atoms with Gasteiger partial charge in [0.1, 0.15) is 3.70 Å². The molecule has 0 spiro atoms. The van der Waals surface area contributed by atoms with Crippen molar-refractivity contribution in [2.45, 2.75) is 26.6 Å². The Kier molecular flexibility index (Phi) is 5.39. The minimum atomic E-state index is -4.80. The van der Waals surface area contributed by atoms with Gasteiger partial charge in [-0.2, -0.15) is 0 Å². The zero-order valence-electron chi connectivity index (χ0n) is 10.2. The standard InChI is InChI=1S/C11H11F3INO3/c1-3-18-8(17)4-7-5-16-10(15)9(6(7)2)19-11(12,13)14/h5H,3-4H2,1-2H3. The van der Waals surface area contributed by atoms with Crippen LogP contribution in [0.2, 0.25) is 0 Å². The minimum absolute atomic E-state index is 0.0834. The third-order valence-electron chi connectivity index (χ3n) is 2.20. The average molecular weight is 389 g/mol. The monoisotopic (exact) mass is 389 g/mol. The van der Waals surface area contributed by atoms with Gasteiger partial charge in [0.25, 0.3) is 0 Å². The summed E-state index contributed by atoms with van der Waals surface area (Å²) in [4.78, 5) is 15.1. The molecule has 0 aliphatic rings. The van der Waals surface area contributed by atoms with Crippen LogP contribution in [0, 0.1) is 10.6 Å². The summed E-state index contributed by atoms with van der Waals surface area (Å²) in [6, 6.07) is 0. The number of pyridine rings is 1. The maximum Gasteiger partial charge on any atom is 0.573 e. The normalized spacial score (nSPS) is 11.3. The van der Waals surface area contributed by atoms with Crippen molar-refractivity contribution in [3.8, 4) is 5.75 Å². The predicted molar refractivity (Wildman–Crippen MR) is 68.7 cm³/mol. The fourth-order valence-electron chi connectivity index (χ4n) is 1.37. The first-order valence-corrected chi connectivity index (χ1v) is 6.37. The van der Waals surface area contributed by atoms with Gasteiger partial charge in [0.05, 0.1) is 13.0 Å². The maximum absolute atomic E-state index is 12.3. The molecule has 8 heteroatoms. The van der Waals surface area contributed by atoms with Gasteiger partial charge in [-0.1, -0.05) is 0 Å². The van der Waals surface area contributed by atoms with Gasteiger partial charge in [0.15, 0.2) is 5.75 Å². The van der Waals surface area contributed by atoms with Crippen molar-refractivity contribution in [3.05, 3.63) is 21.0 Å². The van der Waals surface area contributed by atoms with E-state index in [9.17, 15) is 18.0 Å². The second kappa shape index (κ2) is 6.40. The summed E-state index contributed by atoms with van der Waals surface area (Å²) >= 11 is 1.64. The van der Waals surface area contributed by atoms with E-state index in [-0.39, 0.29) is 28.0 Å². The zero-order chi connectivity index (χ0) is 14.6. The largest absolute Gasteiger partial charge is 0.573 e. The molecule has 0 radical (unpaired) electrons. The second-order valence-electron chi connectivity index (χ2n) is 3.56. The van der Waals surface area contributed by atoms with Crippen LogP contribution in [0.4, 0.5) is 13.2 Å². The number of ether oxygens (including phenoxy) is 2. The van der Waals surface area contributed by atoms with Gasteiger partial charge < -0.3 is 9.47 Å². The molecule has 0 aromatic carbocycles. The molecular weight excluding hydrogens is 378 g/mol. The Balaban J connectivity index is 3.03. The highest BCUT2D eigenvalue weighted by molar-refractivity contribution is 14.1. The number of esters is 1. The lowest BCUT2D eigenvalue weighted by atomic mass is 10.1. The van der Waals surface area contributed by atoms with E-state index in [4.69, 9.17) is 4.74 Å². The van der Waals surface area contributed by atoms with Gasteiger partial charge >= 0.3 is 12.3 Å². The first-order valence-electron chi connectivity index (χ1n) is 5.30. The molecule has 0 unspecified atom stereocenters. The summed E-state index contributed by atoms with van der Waals surface area (Å²) in [5, 5.41) is 0. The van der Waals surface area contributed by atoms with Crippen LogP contribution in [0.1, 0.15) is 18.1 Å². The molecule has 0 aliphatic heterocycles. The van der Waals surface area contributed by atoms with Gasteiger partial charge in [-0.05, 0) is 47.6 Å². The van der Waals surface area contributed by atoms with Crippen LogP contribution >= 0.6 is 22.6 Å². The van der Waals surface area contributed by atoms with Crippen molar-refractivity contribution in [2.24, 2.45) is 0 Å². The molecule has 106 valence electrons. The van der Waals surface area contributed by atoms with Crippen LogP contribution in [-0.4, -0.2) is 23.9 Å². The van der Waals surface area contributed by atoms with Gasteiger partial charge in [-0.15, -0.1) is 13.2 Å². The highest BCUT2D eigenvalue weighted by Gasteiger charge is 2.33. The fourth-order valence-corrected chi connectivity index (χ4v) is 2.02. The van der Waals surface area contributed by atoms with Gasteiger partial charge in [-0.25, -0.2) is 4.98 Å². The molecule has 0 saturated carbocycles. The first kappa shape index (κ1) is 16.0. The molecule has 0 aliphatic carbocycles. The average Bonchev–Trinajstić information content (AvgIpc) is 2.27. The lowest BCUT2D eigenvalue weighted by Gasteiger charge is -2.15. The van der Waals surface area contributed by atoms with Crippen molar-refractivity contribution in [1.82, 2.24) is 4.98 Å². The smallest absolute Gasteiger partial charge is 0.466 e. The molecule has 1 aromatic heterocycles. The number of nitrogens with zero attached hydrogens (tertiary/aromatic N) is 1. The SMILES string of the molecule is CCOC(=O)Cc1cnc(I)c(OC(F)(F)F)c1C. The van der Waals surface area contributed by atoms with Crippen LogP contribution in [0.5, 0.6) is 5.75 Å². The number of hydrogen-bond acceptors (Lipinski definition) is 4. The van der Waals surface area contributed by atoms with E-state index in [1.807, 2.05) is 0 Å². The summed E-state index contributed by atoms with van der Waals surface area (Å²) in [5.41, 5.74) is 0.572. The van der Waals surface area contributed by atoms with Crippen molar-refractivity contribution in [3.63, 3.8) is 0 Å². The Morgan fingerprint density at radius 3 is 2.63 bits per heavy atom. The molecule has 0 N–H and O–H groups in total. The highest BCUT2D eigenvalue weighted by Crippen LogP contribution is 2.31. The van der Waals surface area contributed by atoms with E-state index in [2.05, 4.69) is 9.72 Å². The van der Waals surface area contributed by atoms with Crippen molar-refractivity contribution in [2.75, 3.05) is 6.61 Å². The quantitative estimate of drug-likeness (QED) is 0.452. The van der Waals surface area contributed by atoms with E-state index in [1.54, 1.807) is 29.5 Å². The first-order chi connectivity index (χ1) is 8.74. The predicted octanol–water partition coefficient (Wildman–Crippen LogP) is 3.00. The number of rotatable bonds is 4. The number of halogens is 4. The third-order valence-corrected chi connectivity index (χ3v) is 2.97. The lowest BCUT2D eigenvalue weighted by Crippen LogP contribution is -2.20. The van der Waals surface area contributed by atoms with E-state index in [0.717, 1.165) is 0 Å². The van der Waals surface area contributed by atoms with Crippen LogP contribution in [0.25, 0.3) is 0 Å². The Labute approximate surface area is 121 Å². The van der Waals surface area contributed by atoms with E-state index in [0.29, 0.717) is 5.56 Å². The molecular formula is C11H11F3INO3. The highest BCUT2D eigenvalue weighted by atomic mass is 127. The van der Waals surface area contributed by atoms with Gasteiger partial charge in [-0.3, -0.25) is 4.79 Å². The molecule has 1 heterocycles. The number of carbonyl (C=O) groups is 1. The summed E-state index contributed by atoms with van der Waals surface area (Å²) < 4.78 is 45.6. The summed E-state index contributed by atoms with van der Waals surface area (Å²) in [7, 11) is 0. The summed E-state index contributed by atoms with van der Waals surface area (Å²) in [6.45, 7) is 3.30. The molecule has 1 aromatic rings. The Bertz CT molecular complexity index is 477. The molecule has 0 saturated heterocycles. The molecule has 0 fully saturated rings. The van der Waals surface area contributed by atoms with Crippen LogP contribution in [-0.2, 0) is 16.0 Å². The third kappa shape index (κ3) is 4.84. The van der Waals surface area contributed by atoms with Crippen molar-refractivity contribution < 1.29 is 27.4 Å². The van der Waals surface area contributed by atoms with Gasteiger partial charge in [0.2, 0.25) is 0 Å². The molecule has 0 amide bonds. The summed E-state index contributed by atoms with van der Waals surface area (Å²) in [6.07, 6.45) is -3.59. The lowest BCUT2D eigenvalue weighted by molar-refractivity contribution is -0.275. The number of alkyl halides is 3. The Morgan fingerprint density at radius 1 is 1.47 bits per heavy atom. The Hall–Kier alpha value is -1.06. The van der Waals surface area contributed by atoms with Crippen LogP contribution < -0.4 is 4.74 Å². The number of carbonyl (C=O) groups excluding carboxylic acids is 1. The van der Waals surface area contributed by atoms with E-state index in [1.165, 1.54) is 13.1 Å². The second-order valence-corrected chi connectivity index (χ2v) is 4.58.